The van der Waals surface area contributed by atoms with E-state index in [0.717, 1.165) is 55.6 Å². The average Bonchev–Trinajstić information content (AvgIpc) is 3.46. The predicted octanol–water partition coefficient (Wildman–Crippen LogP) is 3.43. The first-order valence-corrected chi connectivity index (χ1v) is 12.0. The molecule has 28 heavy (non-hydrogen) atoms. The van der Waals surface area contributed by atoms with Crippen molar-refractivity contribution in [3.63, 3.8) is 0 Å². The average molecular weight is 401 g/mol. The number of unbranched alkanes of at least 4 members (excludes halogenated alkanes) is 3. The smallest absolute Gasteiger partial charge is 0.147 e. The van der Waals surface area contributed by atoms with E-state index < -0.39 is 7.92 Å². The Bertz CT molecular complexity index is 723. The molecular formula is C21H33N6P. The number of nitrogens with zero attached hydrogens (tertiary/aromatic N) is 6. The fourth-order valence-corrected chi connectivity index (χ4v) is 5.65. The molecule has 0 amide bonds. The Kier molecular flexibility index (Phi) is 7.84. The van der Waals surface area contributed by atoms with Crippen molar-refractivity contribution in [2.24, 2.45) is 0 Å². The molecule has 152 valence electrons. The van der Waals surface area contributed by atoms with Crippen LogP contribution in [0.3, 0.4) is 0 Å². The first-order valence-electron chi connectivity index (χ1n) is 10.6. The number of aryl methyl sites for hydroxylation is 3. The van der Waals surface area contributed by atoms with Gasteiger partial charge in [0.1, 0.15) is 24.6 Å². The molecule has 0 N–H and O–H groups in total. The van der Waals surface area contributed by atoms with Crippen molar-refractivity contribution < 1.29 is 0 Å². The van der Waals surface area contributed by atoms with E-state index in [1.165, 1.54) is 19.3 Å². The summed E-state index contributed by atoms with van der Waals surface area (Å²) in [6.07, 6.45) is 19.1. The second kappa shape index (κ2) is 10.6. The summed E-state index contributed by atoms with van der Waals surface area (Å²) in [6, 6.07) is 0. The van der Waals surface area contributed by atoms with Crippen LogP contribution < -0.4 is 16.7 Å². The van der Waals surface area contributed by atoms with Crippen molar-refractivity contribution in [2.45, 2.75) is 78.9 Å². The van der Waals surface area contributed by atoms with Crippen LogP contribution in [-0.4, -0.2) is 28.7 Å². The summed E-state index contributed by atoms with van der Waals surface area (Å²) in [7, 11) is -0.891. The molecule has 0 aromatic carbocycles. The minimum Gasteiger partial charge on any atom is -0.331 e. The zero-order valence-corrected chi connectivity index (χ0v) is 18.4. The van der Waals surface area contributed by atoms with E-state index in [0.29, 0.717) is 0 Å². The van der Waals surface area contributed by atoms with E-state index in [2.05, 4.69) is 53.1 Å². The van der Waals surface area contributed by atoms with Crippen LogP contribution in [0.4, 0.5) is 0 Å². The highest BCUT2D eigenvalue weighted by Crippen LogP contribution is 2.31. The van der Waals surface area contributed by atoms with Crippen molar-refractivity contribution >= 4 is 24.6 Å². The Balaban J connectivity index is 2.04. The van der Waals surface area contributed by atoms with Crippen molar-refractivity contribution in [1.29, 1.82) is 0 Å². The van der Waals surface area contributed by atoms with Gasteiger partial charge in [0.25, 0.3) is 0 Å². The Labute approximate surface area is 169 Å². The molecule has 7 heteroatoms. The van der Waals surface area contributed by atoms with Gasteiger partial charge in [0.15, 0.2) is 0 Å². The third-order valence-electron chi connectivity index (χ3n) is 4.94. The van der Waals surface area contributed by atoms with Crippen LogP contribution in [0.5, 0.6) is 0 Å². The molecular weight excluding hydrogens is 367 g/mol. The zero-order chi connectivity index (χ0) is 19.8. The topological polar surface area (TPSA) is 53.5 Å². The fraction of sp³-hybridized carbons (Fsp3) is 0.571. The summed E-state index contributed by atoms with van der Waals surface area (Å²) >= 11 is 0. The Morgan fingerprint density at radius 1 is 0.607 bits per heavy atom. The molecule has 0 atom stereocenters. The molecule has 0 aliphatic carbocycles. The summed E-state index contributed by atoms with van der Waals surface area (Å²) in [5, 5.41) is 0. The van der Waals surface area contributed by atoms with E-state index in [4.69, 9.17) is 15.0 Å². The molecule has 0 bridgehead atoms. The normalized spacial score (nSPS) is 11.6. The lowest BCUT2D eigenvalue weighted by Crippen LogP contribution is -2.36. The minimum absolute atomic E-state index is 0.891. The molecule has 3 rings (SSSR count). The highest BCUT2D eigenvalue weighted by atomic mass is 31.1. The summed E-state index contributed by atoms with van der Waals surface area (Å²) in [5.74, 6) is 0. The second-order valence-corrected chi connectivity index (χ2v) is 9.03. The molecule has 0 unspecified atom stereocenters. The first kappa shape index (κ1) is 20.8. The van der Waals surface area contributed by atoms with E-state index in [1.807, 2.05) is 18.6 Å². The third kappa shape index (κ3) is 4.72. The SMILES string of the molecule is CCCCn1ccnc1P(c1nccn1CCCC)c1nccn1CCCC. The van der Waals surface area contributed by atoms with Crippen molar-refractivity contribution in [1.82, 2.24) is 28.7 Å². The number of hydrogen-bond acceptors (Lipinski definition) is 3. The quantitative estimate of drug-likeness (QED) is 0.438. The predicted molar refractivity (Wildman–Crippen MR) is 117 cm³/mol. The van der Waals surface area contributed by atoms with Gasteiger partial charge in [0.05, 0.1) is 0 Å². The maximum absolute atomic E-state index is 4.81. The van der Waals surface area contributed by atoms with Gasteiger partial charge in [0, 0.05) is 56.8 Å². The highest BCUT2D eigenvalue weighted by Gasteiger charge is 2.29. The zero-order valence-electron chi connectivity index (χ0n) is 17.5. The van der Waals surface area contributed by atoms with E-state index in [9.17, 15) is 0 Å². The van der Waals surface area contributed by atoms with E-state index >= 15 is 0 Å². The summed E-state index contributed by atoms with van der Waals surface area (Å²) in [6.45, 7) is 9.68. The van der Waals surface area contributed by atoms with Gasteiger partial charge in [-0.05, 0) is 19.3 Å². The van der Waals surface area contributed by atoms with Crippen LogP contribution >= 0.6 is 7.92 Å². The summed E-state index contributed by atoms with van der Waals surface area (Å²) < 4.78 is 6.94. The van der Waals surface area contributed by atoms with Crippen LogP contribution in [0.15, 0.2) is 37.2 Å². The van der Waals surface area contributed by atoms with Gasteiger partial charge >= 0.3 is 0 Å². The Morgan fingerprint density at radius 3 is 1.21 bits per heavy atom. The lowest BCUT2D eigenvalue weighted by Gasteiger charge is -2.20. The number of imidazole rings is 3. The first-order chi connectivity index (χ1) is 13.8. The highest BCUT2D eigenvalue weighted by molar-refractivity contribution is 7.78. The molecule has 0 spiro atoms. The second-order valence-electron chi connectivity index (χ2n) is 7.16. The lowest BCUT2D eigenvalue weighted by atomic mass is 10.3. The van der Waals surface area contributed by atoms with Gasteiger partial charge in [-0.3, -0.25) is 0 Å². The van der Waals surface area contributed by atoms with Gasteiger partial charge in [-0.1, -0.05) is 40.0 Å². The molecule has 6 nitrogen and oxygen atoms in total. The maximum atomic E-state index is 4.81. The molecule has 0 saturated carbocycles. The molecule has 3 aromatic rings. The minimum atomic E-state index is -0.891. The summed E-state index contributed by atoms with van der Waals surface area (Å²) in [5.41, 5.74) is 3.32. The molecule has 0 fully saturated rings. The molecule has 3 heterocycles. The maximum Gasteiger partial charge on any atom is 0.147 e. The van der Waals surface area contributed by atoms with Crippen LogP contribution in [0.25, 0.3) is 0 Å². The van der Waals surface area contributed by atoms with Crippen LogP contribution in [-0.2, 0) is 19.6 Å². The standard InChI is InChI=1S/C21H33N6P/c1-4-7-13-25-16-10-22-19(25)28(20-23-11-17-26(20)14-8-5-2)21-24-12-18-27(21)15-9-6-3/h10-12,16-18H,4-9,13-15H2,1-3H3. The van der Waals surface area contributed by atoms with Crippen molar-refractivity contribution in [2.75, 3.05) is 0 Å². The number of hydrogen-bond donors (Lipinski definition) is 0. The van der Waals surface area contributed by atoms with Crippen molar-refractivity contribution in [3.8, 4) is 0 Å². The van der Waals surface area contributed by atoms with E-state index in [1.54, 1.807) is 0 Å². The Hall–Kier alpha value is -1.94. The van der Waals surface area contributed by atoms with Crippen LogP contribution in [0, 0.1) is 0 Å². The molecule has 0 aliphatic heterocycles. The van der Waals surface area contributed by atoms with E-state index in [-0.39, 0.29) is 0 Å². The van der Waals surface area contributed by atoms with Crippen LogP contribution in [0.2, 0.25) is 0 Å². The Morgan fingerprint density at radius 2 is 0.929 bits per heavy atom. The van der Waals surface area contributed by atoms with Gasteiger partial charge in [0.2, 0.25) is 0 Å². The molecule has 0 saturated heterocycles. The summed E-state index contributed by atoms with van der Waals surface area (Å²) in [4.78, 5) is 14.4. The van der Waals surface area contributed by atoms with Gasteiger partial charge < -0.3 is 13.7 Å². The van der Waals surface area contributed by atoms with Crippen LogP contribution in [0.1, 0.15) is 59.3 Å². The largest absolute Gasteiger partial charge is 0.331 e. The van der Waals surface area contributed by atoms with Gasteiger partial charge in [-0.2, -0.15) is 0 Å². The number of aromatic nitrogens is 6. The fourth-order valence-electron chi connectivity index (χ4n) is 3.30. The monoisotopic (exact) mass is 400 g/mol. The van der Waals surface area contributed by atoms with Gasteiger partial charge in [-0.25, -0.2) is 15.0 Å². The van der Waals surface area contributed by atoms with Gasteiger partial charge in [-0.15, -0.1) is 0 Å². The number of rotatable bonds is 12. The third-order valence-corrected chi connectivity index (χ3v) is 7.26. The lowest BCUT2D eigenvalue weighted by molar-refractivity contribution is 0.637. The van der Waals surface area contributed by atoms with Crippen molar-refractivity contribution in [3.05, 3.63) is 37.2 Å². The molecule has 3 aromatic heterocycles. The molecule has 0 aliphatic rings. The molecule has 0 radical (unpaired) electrons.